The van der Waals surface area contributed by atoms with Crippen LogP contribution in [-0.2, 0) is 57.3 Å². The molecule has 6 N–H and O–H groups in total. The second kappa shape index (κ2) is 14.9. The third-order valence-corrected chi connectivity index (χ3v) is 8.92. The molecule has 0 bridgehead atoms. The molecule has 45 heavy (non-hydrogen) atoms. The number of hydrogen-bond acceptors (Lipinski definition) is 12. The second-order valence-electron chi connectivity index (χ2n) is 11.4. The first-order valence-corrected chi connectivity index (χ1v) is 14.3. The number of carboxylic acids is 4. The van der Waals surface area contributed by atoms with Gasteiger partial charge in [-0.1, -0.05) is 27.7 Å². The van der Waals surface area contributed by atoms with E-state index in [0.29, 0.717) is 6.42 Å². The van der Waals surface area contributed by atoms with Gasteiger partial charge in [0, 0.05) is 0 Å². The maximum atomic E-state index is 11.8. The molecule has 12 unspecified atom stereocenters. The highest BCUT2D eigenvalue weighted by Crippen LogP contribution is 2.43. The summed E-state index contributed by atoms with van der Waals surface area (Å²) in [7, 11) is 0. The van der Waals surface area contributed by atoms with Crippen LogP contribution < -0.4 is 0 Å². The number of carboxylic acid groups (broad SMARTS) is 4. The molecule has 12 atom stereocenters. The topological polar surface area (TPSA) is 286 Å². The summed E-state index contributed by atoms with van der Waals surface area (Å²) < 4.78 is 20.6. The van der Waals surface area contributed by atoms with Gasteiger partial charge in [0.25, 0.3) is 0 Å². The number of cyclic esters (lactones) is 4. The molecule has 17 heteroatoms. The van der Waals surface area contributed by atoms with Crippen LogP contribution in [0.25, 0.3) is 0 Å². The SMILES string of the molecule is CCC1OC(C(C(=O)O)C(C)C(=O)O)CC(C(=O)O)C1C(=O)O.CCC1OC(C2C(=O)OC(=O)C2C)CC2C(=O)OC(=O)C12.O. The van der Waals surface area contributed by atoms with E-state index >= 15 is 0 Å². The normalized spacial score (nSPS) is 35.4. The van der Waals surface area contributed by atoms with Gasteiger partial charge in [-0.15, -0.1) is 0 Å². The fourth-order valence-electron chi connectivity index (χ4n) is 6.52. The molecule has 4 rings (SSSR count). The molecular weight excluding hydrogens is 608 g/mol. The Morgan fingerprint density at radius 3 is 1.76 bits per heavy atom. The van der Waals surface area contributed by atoms with Crippen molar-refractivity contribution in [1.82, 2.24) is 0 Å². The van der Waals surface area contributed by atoms with E-state index in [1.54, 1.807) is 13.8 Å². The van der Waals surface area contributed by atoms with E-state index in [4.69, 9.17) is 14.6 Å². The number of carbonyl (C=O) groups is 8. The smallest absolute Gasteiger partial charge is 0.320 e. The lowest BCUT2D eigenvalue weighted by molar-refractivity contribution is -0.190. The average molecular weight is 647 g/mol. The lowest BCUT2D eigenvalue weighted by atomic mass is 9.75. The predicted octanol–water partition coefficient (Wildman–Crippen LogP) is -0.242. The molecular formula is C28H38O17. The lowest BCUT2D eigenvalue weighted by Gasteiger charge is -2.40. The largest absolute Gasteiger partial charge is 0.481 e. The van der Waals surface area contributed by atoms with Gasteiger partial charge in [0.2, 0.25) is 0 Å². The highest BCUT2D eigenvalue weighted by atomic mass is 16.6. The first-order chi connectivity index (χ1) is 20.5. The Kier molecular flexibility index (Phi) is 12.3. The maximum Gasteiger partial charge on any atom is 0.320 e. The van der Waals surface area contributed by atoms with Gasteiger partial charge in [0.1, 0.15) is 0 Å². The summed E-state index contributed by atoms with van der Waals surface area (Å²) in [5, 5.41) is 36.8. The van der Waals surface area contributed by atoms with E-state index in [1.807, 2.05) is 6.92 Å². The quantitative estimate of drug-likeness (QED) is 0.186. The van der Waals surface area contributed by atoms with Crippen molar-refractivity contribution in [2.24, 2.45) is 47.3 Å². The van der Waals surface area contributed by atoms with Gasteiger partial charge in [0.15, 0.2) is 0 Å². The number of esters is 4. The van der Waals surface area contributed by atoms with Crippen LogP contribution in [0.1, 0.15) is 53.4 Å². The molecule has 0 aliphatic carbocycles. The molecule has 4 fully saturated rings. The van der Waals surface area contributed by atoms with Crippen molar-refractivity contribution in [2.45, 2.75) is 77.8 Å². The van der Waals surface area contributed by atoms with Crippen LogP contribution in [0, 0.1) is 47.3 Å². The van der Waals surface area contributed by atoms with E-state index in [1.165, 1.54) is 6.92 Å². The van der Waals surface area contributed by atoms with Crippen LogP contribution in [-0.4, -0.2) is 98.1 Å². The Labute approximate surface area is 256 Å². The summed E-state index contributed by atoms with van der Waals surface area (Å²) in [6.07, 6.45) is -2.74. The Morgan fingerprint density at radius 2 is 1.31 bits per heavy atom. The Hall–Kier alpha value is -3.96. The number of rotatable bonds is 9. The third kappa shape index (κ3) is 7.48. The first-order valence-electron chi connectivity index (χ1n) is 14.3. The van der Waals surface area contributed by atoms with Crippen molar-refractivity contribution >= 4 is 47.8 Å². The maximum absolute atomic E-state index is 11.8. The summed E-state index contributed by atoms with van der Waals surface area (Å²) in [5.41, 5.74) is 0. The van der Waals surface area contributed by atoms with Crippen molar-refractivity contribution in [2.75, 3.05) is 0 Å². The third-order valence-electron chi connectivity index (χ3n) is 8.92. The van der Waals surface area contributed by atoms with Crippen LogP contribution in [0.3, 0.4) is 0 Å². The molecule has 0 aromatic carbocycles. The molecule has 4 heterocycles. The molecule has 0 aromatic heterocycles. The van der Waals surface area contributed by atoms with E-state index in [2.05, 4.69) is 9.47 Å². The summed E-state index contributed by atoms with van der Waals surface area (Å²) in [4.78, 5) is 92.1. The summed E-state index contributed by atoms with van der Waals surface area (Å²) >= 11 is 0. The van der Waals surface area contributed by atoms with E-state index in [9.17, 15) is 53.7 Å². The number of carbonyl (C=O) groups excluding carboxylic acids is 4. The van der Waals surface area contributed by atoms with Crippen LogP contribution in [0.5, 0.6) is 0 Å². The fraction of sp³-hybridized carbons (Fsp3) is 0.714. The number of aliphatic carboxylic acids is 4. The Bertz CT molecular complexity index is 1210. The summed E-state index contributed by atoms with van der Waals surface area (Å²) in [6.45, 7) is 6.23. The van der Waals surface area contributed by atoms with Gasteiger partial charge in [0.05, 0.1) is 71.8 Å². The molecule has 252 valence electrons. The van der Waals surface area contributed by atoms with Crippen molar-refractivity contribution in [3.8, 4) is 0 Å². The lowest BCUT2D eigenvalue weighted by Crippen LogP contribution is -2.52. The molecule has 4 aliphatic heterocycles. The van der Waals surface area contributed by atoms with E-state index in [-0.39, 0.29) is 24.7 Å². The molecule has 0 radical (unpaired) electrons. The Balaban J connectivity index is 0.000000307. The molecule has 17 nitrogen and oxygen atoms in total. The molecule has 0 saturated carbocycles. The van der Waals surface area contributed by atoms with E-state index < -0.39 is 120 Å². The highest BCUT2D eigenvalue weighted by molar-refractivity contribution is 5.98. The standard InChI is InChI=1S/C14H20O9.C14H16O7.H2O/c1-3-7-10(14(21)22)6(12(17)18)4-8(23-7)9(13(19)20)5(2)11(15)16;1-3-7-10-6(12(16)21-14(10)18)4-8(19-7)9-5(2)11(15)20-13(9)17;/h5-10H,3-4H2,1-2H3,(H,15,16)(H,17,18)(H,19,20)(H,21,22);5-10H,3-4H2,1-2H3;1H2. The van der Waals surface area contributed by atoms with Gasteiger partial charge < -0.3 is 44.8 Å². The van der Waals surface area contributed by atoms with Gasteiger partial charge in [-0.2, -0.15) is 0 Å². The van der Waals surface area contributed by atoms with E-state index in [0.717, 1.165) is 0 Å². The minimum absolute atomic E-state index is 0. The zero-order chi connectivity index (χ0) is 33.2. The molecule has 4 aliphatic rings. The molecule has 0 aromatic rings. The zero-order valence-electron chi connectivity index (χ0n) is 24.9. The van der Waals surface area contributed by atoms with Crippen LogP contribution in [0.2, 0.25) is 0 Å². The first kappa shape index (κ1) is 37.2. The average Bonchev–Trinajstić information content (AvgIpc) is 3.38. The van der Waals surface area contributed by atoms with Crippen molar-refractivity contribution in [1.29, 1.82) is 0 Å². The minimum atomic E-state index is -1.46. The van der Waals surface area contributed by atoms with Crippen LogP contribution >= 0.6 is 0 Å². The molecule has 4 saturated heterocycles. The number of ether oxygens (including phenoxy) is 4. The molecule has 0 amide bonds. The highest BCUT2D eigenvalue weighted by Gasteiger charge is 2.57. The summed E-state index contributed by atoms with van der Waals surface area (Å²) in [6, 6.07) is 0. The van der Waals surface area contributed by atoms with Crippen LogP contribution in [0.15, 0.2) is 0 Å². The Morgan fingerprint density at radius 1 is 0.756 bits per heavy atom. The van der Waals surface area contributed by atoms with Gasteiger partial charge in [-0.3, -0.25) is 38.4 Å². The zero-order valence-corrected chi connectivity index (χ0v) is 24.9. The fourth-order valence-corrected chi connectivity index (χ4v) is 6.52. The van der Waals surface area contributed by atoms with Gasteiger partial charge in [-0.05, 0) is 25.7 Å². The van der Waals surface area contributed by atoms with Gasteiger partial charge >= 0.3 is 47.8 Å². The predicted molar refractivity (Wildman–Crippen MR) is 143 cm³/mol. The summed E-state index contributed by atoms with van der Waals surface area (Å²) in [5.74, 6) is -15.7. The second-order valence-corrected chi connectivity index (χ2v) is 11.4. The number of fused-ring (bicyclic) bond motifs is 1. The molecule has 0 spiro atoms. The van der Waals surface area contributed by atoms with Crippen molar-refractivity contribution < 1.29 is 83.2 Å². The minimum Gasteiger partial charge on any atom is -0.481 e. The van der Waals surface area contributed by atoms with Crippen molar-refractivity contribution in [3.63, 3.8) is 0 Å². The monoisotopic (exact) mass is 646 g/mol. The van der Waals surface area contributed by atoms with Crippen LogP contribution in [0.4, 0.5) is 0 Å². The van der Waals surface area contributed by atoms with Gasteiger partial charge in [-0.25, -0.2) is 0 Å². The number of hydrogen-bond donors (Lipinski definition) is 4. The van der Waals surface area contributed by atoms with Crippen molar-refractivity contribution in [3.05, 3.63) is 0 Å².